The van der Waals surface area contributed by atoms with Gasteiger partial charge in [0.1, 0.15) is 5.82 Å². The zero-order valence-electron chi connectivity index (χ0n) is 9.85. The molecule has 0 aliphatic heterocycles. The van der Waals surface area contributed by atoms with E-state index in [-0.39, 0.29) is 16.9 Å². The second-order valence-electron chi connectivity index (χ2n) is 4.06. The molecule has 1 unspecified atom stereocenters. The Labute approximate surface area is 101 Å². The third-order valence-electron chi connectivity index (χ3n) is 2.38. The first-order chi connectivity index (χ1) is 7.54. The largest absolute Gasteiger partial charge is 0.313 e. The number of likely N-dealkylation sites (N-methyl/N-ethyl adjacent to an activating group) is 1. The molecule has 1 aromatic carbocycles. The maximum Gasteiger partial charge on any atom is 0.145 e. The molecule has 88 valence electrons. The molecule has 0 aliphatic rings. The van der Waals surface area contributed by atoms with Crippen molar-refractivity contribution in [2.75, 3.05) is 7.05 Å². The Bertz CT molecular complexity index is 384. The summed E-state index contributed by atoms with van der Waals surface area (Å²) in [6.45, 7) is 4.05. The van der Waals surface area contributed by atoms with Crippen LogP contribution in [0.4, 0.5) is 4.39 Å². The van der Waals surface area contributed by atoms with Gasteiger partial charge in [0.2, 0.25) is 0 Å². The molecular weight excluding hydrogens is 225 g/mol. The van der Waals surface area contributed by atoms with Crippen LogP contribution in [0.25, 0.3) is 0 Å². The van der Waals surface area contributed by atoms with E-state index in [9.17, 15) is 4.39 Å². The van der Waals surface area contributed by atoms with Crippen molar-refractivity contribution in [3.05, 3.63) is 46.3 Å². The Balaban J connectivity index is 2.86. The molecule has 3 heteroatoms. The highest BCUT2D eigenvalue weighted by molar-refractivity contribution is 6.30. The van der Waals surface area contributed by atoms with Crippen LogP contribution in [0.5, 0.6) is 0 Å². The molecule has 1 aromatic rings. The highest BCUT2D eigenvalue weighted by Crippen LogP contribution is 2.19. The van der Waals surface area contributed by atoms with Crippen molar-refractivity contribution in [2.45, 2.75) is 26.3 Å². The van der Waals surface area contributed by atoms with Gasteiger partial charge in [-0.05, 0) is 38.9 Å². The summed E-state index contributed by atoms with van der Waals surface area (Å²) in [5.74, 6) is -0.313. The Morgan fingerprint density at radius 1 is 1.50 bits per heavy atom. The number of allylic oxidation sites excluding steroid dienone is 1. The first kappa shape index (κ1) is 13.2. The van der Waals surface area contributed by atoms with Crippen LogP contribution in [0.1, 0.15) is 19.4 Å². The first-order valence-corrected chi connectivity index (χ1v) is 5.67. The van der Waals surface area contributed by atoms with Gasteiger partial charge in [0, 0.05) is 6.04 Å². The summed E-state index contributed by atoms with van der Waals surface area (Å²) in [5.41, 5.74) is 1.85. The maximum absolute atomic E-state index is 13.7. The zero-order valence-corrected chi connectivity index (χ0v) is 10.6. The third kappa shape index (κ3) is 3.62. The van der Waals surface area contributed by atoms with Crippen molar-refractivity contribution < 1.29 is 4.39 Å². The van der Waals surface area contributed by atoms with Crippen LogP contribution < -0.4 is 5.32 Å². The van der Waals surface area contributed by atoms with Crippen LogP contribution in [-0.4, -0.2) is 13.1 Å². The second-order valence-corrected chi connectivity index (χ2v) is 4.46. The molecule has 0 bridgehead atoms. The first-order valence-electron chi connectivity index (χ1n) is 5.29. The Hall–Kier alpha value is -0.860. The average Bonchev–Trinajstić information content (AvgIpc) is 2.23. The lowest BCUT2D eigenvalue weighted by atomic mass is 10.0. The van der Waals surface area contributed by atoms with Crippen molar-refractivity contribution in [1.82, 2.24) is 5.32 Å². The van der Waals surface area contributed by atoms with Crippen molar-refractivity contribution in [2.24, 2.45) is 0 Å². The van der Waals surface area contributed by atoms with Gasteiger partial charge in [-0.25, -0.2) is 4.39 Å². The lowest BCUT2D eigenvalue weighted by molar-refractivity contribution is 0.585. The van der Waals surface area contributed by atoms with Crippen molar-refractivity contribution >= 4 is 11.6 Å². The van der Waals surface area contributed by atoms with Crippen LogP contribution in [0.2, 0.25) is 5.02 Å². The Morgan fingerprint density at radius 2 is 2.19 bits per heavy atom. The van der Waals surface area contributed by atoms with Gasteiger partial charge in [-0.3, -0.25) is 0 Å². The third-order valence-corrected chi connectivity index (χ3v) is 2.67. The quantitative estimate of drug-likeness (QED) is 0.795. The smallest absolute Gasteiger partial charge is 0.145 e. The molecule has 1 N–H and O–H groups in total. The Morgan fingerprint density at radius 3 is 2.75 bits per heavy atom. The van der Waals surface area contributed by atoms with E-state index >= 15 is 0 Å². The van der Waals surface area contributed by atoms with Crippen LogP contribution in [-0.2, 0) is 6.42 Å². The summed E-state index contributed by atoms with van der Waals surface area (Å²) in [6.07, 6.45) is 2.69. The van der Waals surface area contributed by atoms with E-state index in [4.69, 9.17) is 11.6 Å². The molecule has 16 heavy (non-hydrogen) atoms. The fourth-order valence-corrected chi connectivity index (χ4v) is 1.78. The number of rotatable bonds is 4. The Kier molecular flexibility index (Phi) is 4.97. The minimum Gasteiger partial charge on any atom is -0.313 e. The maximum atomic E-state index is 13.7. The average molecular weight is 242 g/mol. The highest BCUT2D eigenvalue weighted by Gasteiger charge is 2.10. The zero-order chi connectivity index (χ0) is 12.1. The predicted molar refractivity (Wildman–Crippen MR) is 67.4 cm³/mol. The van der Waals surface area contributed by atoms with E-state index in [1.165, 1.54) is 5.57 Å². The van der Waals surface area contributed by atoms with Gasteiger partial charge in [0.25, 0.3) is 0 Å². The van der Waals surface area contributed by atoms with Crippen LogP contribution in [0.3, 0.4) is 0 Å². The van der Waals surface area contributed by atoms with E-state index in [0.717, 1.165) is 0 Å². The SMILES string of the molecule is CNC(C=C(C)C)Cc1cccc(Cl)c1F. The van der Waals surface area contributed by atoms with E-state index in [1.54, 1.807) is 18.2 Å². The van der Waals surface area contributed by atoms with Gasteiger partial charge in [0.15, 0.2) is 0 Å². The number of hydrogen-bond donors (Lipinski definition) is 1. The van der Waals surface area contributed by atoms with Crippen molar-refractivity contribution in [3.8, 4) is 0 Å². The summed E-state index contributed by atoms with van der Waals surface area (Å²) in [6, 6.07) is 5.24. The van der Waals surface area contributed by atoms with Crippen LogP contribution in [0, 0.1) is 5.82 Å². The van der Waals surface area contributed by atoms with Crippen molar-refractivity contribution in [3.63, 3.8) is 0 Å². The van der Waals surface area contributed by atoms with Gasteiger partial charge in [-0.15, -0.1) is 0 Å². The van der Waals surface area contributed by atoms with E-state index < -0.39 is 0 Å². The molecule has 0 aromatic heterocycles. The summed E-state index contributed by atoms with van der Waals surface area (Å²) in [7, 11) is 1.87. The summed E-state index contributed by atoms with van der Waals surface area (Å²) in [5, 5.41) is 3.33. The molecule has 0 heterocycles. The highest BCUT2D eigenvalue weighted by atomic mass is 35.5. The summed E-state index contributed by atoms with van der Waals surface area (Å²) < 4.78 is 13.7. The number of halogens is 2. The number of hydrogen-bond acceptors (Lipinski definition) is 1. The fourth-order valence-electron chi connectivity index (χ4n) is 1.59. The van der Waals surface area contributed by atoms with Gasteiger partial charge >= 0.3 is 0 Å². The molecule has 0 spiro atoms. The minimum absolute atomic E-state index is 0.137. The molecule has 1 nitrogen and oxygen atoms in total. The fraction of sp³-hybridized carbons (Fsp3) is 0.385. The molecular formula is C13H17ClFN. The molecule has 0 amide bonds. The molecule has 0 saturated carbocycles. The van der Waals surface area contributed by atoms with Gasteiger partial charge < -0.3 is 5.32 Å². The molecule has 1 rings (SSSR count). The van der Waals surface area contributed by atoms with Crippen LogP contribution >= 0.6 is 11.6 Å². The van der Waals surface area contributed by atoms with Gasteiger partial charge in [-0.1, -0.05) is 35.4 Å². The van der Waals surface area contributed by atoms with Gasteiger partial charge in [0.05, 0.1) is 5.02 Å². The molecule has 0 aliphatic carbocycles. The summed E-state index contributed by atoms with van der Waals surface area (Å²) >= 11 is 5.74. The normalized spacial score (nSPS) is 12.3. The van der Waals surface area contributed by atoms with E-state index in [1.807, 2.05) is 20.9 Å². The molecule has 0 saturated heterocycles. The standard InChI is InChI=1S/C13H17ClFN/c1-9(2)7-11(16-3)8-10-5-4-6-12(14)13(10)15/h4-7,11,16H,8H2,1-3H3. The second kappa shape index (κ2) is 6.02. The molecule has 0 radical (unpaired) electrons. The lowest BCUT2D eigenvalue weighted by Gasteiger charge is -2.13. The molecule has 1 atom stereocenters. The number of nitrogens with one attached hydrogen (secondary N) is 1. The topological polar surface area (TPSA) is 12.0 Å². The predicted octanol–water partition coefficient (Wildman–Crippen LogP) is 3.58. The lowest BCUT2D eigenvalue weighted by Crippen LogP contribution is -2.26. The summed E-state index contributed by atoms with van der Waals surface area (Å²) in [4.78, 5) is 0. The van der Waals surface area contributed by atoms with Gasteiger partial charge in [-0.2, -0.15) is 0 Å². The number of benzene rings is 1. The van der Waals surface area contributed by atoms with E-state index in [2.05, 4.69) is 11.4 Å². The van der Waals surface area contributed by atoms with E-state index in [0.29, 0.717) is 12.0 Å². The monoisotopic (exact) mass is 241 g/mol. The molecule has 0 fully saturated rings. The minimum atomic E-state index is -0.313. The van der Waals surface area contributed by atoms with Crippen molar-refractivity contribution in [1.29, 1.82) is 0 Å². The van der Waals surface area contributed by atoms with Crippen LogP contribution in [0.15, 0.2) is 29.8 Å².